The molecule has 2 fully saturated rings. The molecule has 186 valence electrons. The van der Waals surface area contributed by atoms with Crippen molar-refractivity contribution in [2.75, 3.05) is 13.1 Å². The number of carbonyl (C=O) groups excluding carboxylic acids is 1. The summed E-state index contributed by atoms with van der Waals surface area (Å²) < 4.78 is 28.2. The summed E-state index contributed by atoms with van der Waals surface area (Å²) in [5.74, 6) is 0.0152. The molecule has 1 aliphatic heterocycles. The predicted octanol–water partition coefficient (Wildman–Crippen LogP) is 5.43. The van der Waals surface area contributed by atoms with Gasteiger partial charge in [-0.3, -0.25) is 9.79 Å². The highest BCUT2D eigenvalue weighted by atomic mass is 32.2. The fourth-order valence-corrected chi connectivity index (χ4v) is 6.84. The minimum absolute atomic E-state index is 0.0699. The van der Waals surface area contributed by atoms with E-state index in [1.165, 1.54) is 4.31 Å². The van der Waals surface area contributed by atoms with Crippen LogP contribution in [-0.4, -0.2) is 42.8 Å². The second kappa shape index (κ2) is 10.1. The summed E-state index contributed by atoms with van der Waals surface area (Å²) in [7, 11) is -3.71. The summed E-state index contributed by atoms with van der Waals surface area (Å²) in [6.45, 7) is 2.07. The predicted molar refractivity (Wildman–Crippen MR) is 143 cm³/mol. The Balaban J connectivity index is 1.56. The molecule has 0 radical (unpaired) electrons. The van der Waals surface area contributed by atoms with E-state index in [0.29, 0.717) is 0 Å². The molecule has 1 saturated carbocycles. The second-order valence-corrected chi connectivity index (χ2v) is 11.9. The Labute approximate surface area is 213 Å². The summed E-state index contributed by atoms with van der Waals surface area (Å²) in [6.07, 6.45) is 4.92. The van der Waals surface area contributed by atoms with Crippen LogP contribution in [0, 0.1) is 12.8 Å². The van der Waals surface area contributed by atoms with E-state index in [1.807, 2.05) is 67.6 Å². The first-order chi connectivity index (χ1) is 17.4. The Morgan fingerprint density at radius 2 is 1.33 bits per heavy atom. The fourth-order valence-electron chi connectivity index (χ4n) is 5.29. The van der Waals surface area contributed by atoms with Crippen LogP contribution in [0.5, 0.6) is 0 Å². The van der Waals surface area contributed by atoms with E-state index in [9.17, 15) is 13.2 Å². The number of aryl methyl sites for hydroxylation is 1. The van der Waals surface area contributed by atoms with Gasteiger partial charge in [-0.05, 0) is 31.9 Å². The average molecular weight is 501 g/mol. The first-order valence-corrected chi connectivity index (χ1v) is 14.1. The number of hydrogen-bond acceptors (Lipinski definition) is 4. The van der Waals surface area contributed by atoms with Gasteiger partial charge in [0.1, 0.15) is 5.54 Å². The Morgan fingerprint density at radius 3 is 1.86 bits per heavy atom. The standard InChI is InChI=1S/C30H32N2O3S/c1-23-17-19-27(20-18-23)36(34,35)32-21-30(22-32,29(33)26-15-9-4-10-16-26)31-28(24-11-5-2-6-12-24)25-13-7-3-8-14-25/h2-3,5-8,11-14,17-20,26H,4,9-10,15-16,21-22H2,1H3. The van der Waals surface area contributed by atoms with Gasteiger partial charge in [-0.1, -0.05) is 97.6 Å². The first kappa shape index (κ1) is 24.6. The number of Topliss-reactive ketones (excluding diaryl/α,β-unsaturated/α-hetero) is 1. The highest BCUT2D eigenvalue weighted by Gasteiger charge is 2.55. The van der Waals surface area contributed by atoms with E-state index in [2.05, 4.69) is 0 Å². The molecular weight excluding hydrogens is 468 g/mol. The molecule has 5 nitrogen and oxygen atoms in total. The van der Waals surface area contributed by atoms with Crippen molar-refractivity contribution in [2.45, 2.75) is 49.5 Å². The number of sulfonamides is 1. The molecule has 1 heterocycles. The van der Waals surface area contributed by atoms with Crippen molar-refractivity contribution in [3.8, 4) is 0 Å². The Bertz CT molecular complexity index is 1300. The number of aliphatic imine (C=N–C) groups is 1. The number of rotatable bonds is 7. The molecule has 1 aliphatic carbocycles. The monoisotopic (exact) mass is 500 g/mol. The molecule has 0 spiro atoms. The zero-order valence-electron chi connectivity index (χ0n) is 20.6. The molecule has 6 heteroatoms. The van der Waals surface area contributed by atoms with Gasteiger partial charge < -0.3 is 0 Å². The van der Waals surface area contributed by atoms with Gasteiger partial charge in [0.2, 0.25) is 10.0 Å². The third-order valence-corrected chi connectivity index (χ3v) is 9.20. The second-order valence-electron chi connectivity index (χ2n) is 10.0. The average Bonchev–Trinajstić information content (AvgIpc) is 2.89. The lowest BCUT2D eigenvalue weighted by Gasteiger charge is -2.47. The molecule has 0 N–H and O–H groups in total. The molecule has 2 aliphatic rings. The van der Waals surface area contributed by atoms with Crippen molar-refractivity contribution in [3.63, 3.8) is 0 Å². The van der Waals surface area contributed by atoms with Crippen LogP contribution in [0.3, 0.4) is 0 Å². The normalized spacial score (nSPS) is 18.2. The molecule has 5 rings (SSSR count). The SMILES string of the molecule is Cc1ccc(S(=O)(=O)N2CC(N=C(c3ccccc3)c3ccccc3)(C(=O)C3CCCCC3)C2)cc1. The maximum Gasteiger partial charge on any atom is 0.243 e. The summed E-state index contributed by atoms with van der Waals surface area (Å²) in [5, 5.41) is 0. The van der Waals surface area contributed by atoms with Crippen LogP contribution in [0.25, 0.3) is 0 Å². The molecule has 0 unspecified atom stereocenters. The molecule has 3 aromatic carbocycles. The highest BCUT2D eigenvalue weighted by molar-refractivity contribution is 7.89. The van der Waals surface area contributed by atoms with Crippen molar-refractivity contribution < 1.29 is 13.2 Å². The molecule has 0 bridgehead atoms. The number of benzene rings is 3. The van der Waals surface area contributed by atoms with E-state index in [1.54, 1.807) is 24.3 Å². The first-order valence-electron chi connectivity index (χ1n) is 12.7. The van der Waals surface area contributed by atoms with Crippen molar-refractivity contribution in [1.29, 1.82) is 0 Å². The molecular formula is C30H32N2O3S. The Kier molecular flexibility index (Phi) is 6.91. The van der Waals surface area contributed by atoms with Crippen molar-refractivity contribution in [3.05, 3.63) is 102 Å². The number of nitrogens with zero attached hydrogens (tertiary/aromatic N) is 2. The quantitative estimate of drug-likeness (QED) is 0.407. The molecule has 0 atom stereocenters. The van der Waals surface area contributed by atoms with Crippen molar-refractivity contribution in [1.82, 2.24) is 4.31 Å². The van der Waals surface area contributed by atoms with Crippen LogP contribution in [-0.2, 0) is 14.8 Å². The maximum atomic E-state index is 14.0. The Hall–Kier alpha value is -3.09. The van der Waals surface area contributed by atoms with Gasteiger partial charge in [-0.2, -0.15) is 4.31 Å². The molecule has 0 amide bonds. The maximum absolute atomic E-state index is 14.0. The van der Waals surface area contributed by atoms with Gasteiger partial charge in [-0.25, -0.2) is 8.42 Å². The zero-order valence-corrected chi connectivity index (χ0v) is 21.5. The molecule has 36 heavy (non-hydrogen) atoms. The van der Waals surface area contributed by atoms with Crippen LogP contribution in [0.1, 0.15) is 48.8 Å². The van der Waals surface area contributed by atoms with Gasteiger partial charge in [-0.15, -0.1) is 0 Å². The Morgan fingerprint density at radius 1 is 0.806 bits per heavy atom. The van der Waals surface area contributed by atoms with Crippen LogP contribution in [0.15, 0.2) is 94.8 Å². The smallest absolute Gasteiger partial charge is 0.243 e. The van der Waals surface area contributed by atoms with Crippen LogP contribution < -0.4 is 0 Å². The molecule has 3 aromatic rings. The van der Waals surface area contributed by atoms with Gasteiger partial charge in [0.25, 0.3) is 0 Å². The minimum Gasteiger partial charge on any atom is -0.297 e. The number of ketones is 1. The minimum atomic E-state index is -3.71. The molecule has 1 saturated heterocycles. The third-order valence-electron chi connectivity index (χ3n) is 7.39. The van der Waals surface area contributed by atoms with Gasteiger partial charge in [0.15, 0.2) is 5.78 Å². The van der Waals surface area contributed by atoms with Gasteiger partial charge >= 0.3 is 0 Å². The lowest BCUT2D eigenvalue weighted by atomic mass is 9.75. The van der Waals surface area contributed by atoms with Crippen LogP contribution in [0.2, 0.25) is 0 Å². The summed E-state index contributed by atoms with van der Waals surface area (Å²) >= 11 is 0. The summed E-state index contributed by atoms with van der Waals surface area (Å²) in [5.41, 5.74) is 2.48. The highest BCUT2D eigenvalue weighted by Crippen LogP contribution is 2.38. The van der Waals surface area contributed by atoms with E-state index >= 15 is 0 Å². The van der Waals surface area contributed by atoms with Gasteiger partial charge in [0.05, 0.1) is 10.6 Å². The molecule has 0 aromatic heterocycles. The van der Waals surface area contributed by atoms with Crippen molar-refractivity contribution in [2.24, 2.45) is 10.9 Å². The zero-order chi connectivity index (χ0) is 25.2. The van der Waals surface area contributed by atoms with E-state index < -0.39 is 15.6 Å². The lowest BCUT2D eigenvalue weighted by Crippen LogP contribution is -2.67. The van der Waals surface area contributed by atoms with E-state index in [4.69, 9.17) is 4.99 Å². The van der Waals surface area contributed by atoms with Crippen LogP contribution >= 0.6 is 0 Å². The summed E-state index contributed by atoms with van der Waals surface area (Å²) in [4.78, 5) is 19.4. The lowest BCUT2D eigenvalue weighted by molar-refractivity contribution is -0.132. The number of hydrogen-bond donors (Lipinski definition) is 0. The van der Waals surface area contributed by atoms with Crippen molar-refractivity contribution >= 4 is 21.5 Å². The number of carbonyl (C=O) groups is 1. The fraction of sp³-hybridized carbons (Fsp3) is 0.333. The van der Waals surface area contributed by atoms with E-state index in [0.717, 1.165) is 54.5 Å². The third kappa shape index (κ3) is 4.80. The van der Waals surface area contributed by atoms with E-state index in [-0.39, 0.29) is 29.7 Å². The van der Waals surface area contributed by atoms with Crippen LogP contribution in [0.4, 0.5) is 0 Å². The largest absolute Gasteiger partial charge is 0.297 e. The summed E-state index contributed by atoms with van der Waals surface area (Å²) in [6, 6.07) is 26.6. The topological polar surface area (TPSA) is 66.8 Å². The van der Waals surface area contributed by atoms with Gasteiger partial charge in [0, 0.05) is 30.1 Å².